The minimum absolute atomic E-state index is 0.727. The van der Waals surface area contributed by atoms with Crippen LogP contribution in [0.2, 0.25) is 0 Å². The molecule has 0 aromatic carbocycles. The fourth-order valence-electron chi connectivity index (χ4n) is 1.67. The van der Waals surface area contributed by atoms with E-state index in [1.54, 1.807) is 0 Å². The Labute approximate surface area is 98.7 Å². The summed E-state index contributed by atoms with van der Waals surface area (Å²) in [7, 11) is 0. The Balaban J connectivity index is 2.60. The Morgan fingerprint density at radius 2 is 2.19 bits per heavy atom. The van der Waals surface area contributed by atoms with Gasteiger partial charge in [-0.1, -0.05) is 27.2 Å². The lowest BCUT2D eigenvalue weighted by Gasteiger charge is -2.23. The molecule has 1 unspecified atom stereocenters. The third kappa shape index (κ3) is 3.81. The van der Waals surface area contributed by atoms with E-state index in [1.807, 2.05) is 18.3 Å². The molecule has 0 saturated heterocycles. The van der Waals surface area contributed by atoms with Crippen molar-refractivity contribution < 1.29 is 0 Å². The van der Waals surface area contributed by atoms with Gasteiger partial charge in [-0.25, -0.2) is 0 Å². The minimum Gasteiger partial charge on any atom is -0.397 e. The molecule has 0 bridgehead atoms. The van der Waals surface area contributed by atoms with Crippen LogP contribution in [0.25, 0.3) is 0 Å². The van der Waals surface area contributed by atoms with Gasteiger partial charge in [-0.2, -0.15) is 0 Å². The normalized spacial score (nSPS) is 13.0. The number of hydrogen-bond acceptors (Lipinski definition) is 3. The van der Waals surface area contributed by atoms with E-state index in [1.165, 1.54) is 6.42 Å². The molecule has 1 atom stereocenters. The van der Waals surface area contributed by atoms with Crippen molar-refractivity contribution in [3.63, 3.8) is 0 Å². The van der Waals surface area contributed by atoms with Gasteiger partial charge in [-0.05, 0) is 24.6 Å². The van der Waals surface area contributed by atoms with E-state index in [0.717, 1.165) is 36.9 Å². The highest BCUT2D eigenvalue weighted by Crippen LogP contribution is 2.12. The van der Waals surface area contributed by atoms with Gasteiger partial charge in [0.2, 0.25) is 0 Å². The number of rotatable bonds is 6. The van der Waals surface area contributed by atoms with E-state index in [9.17, 15) is 0 Å². The van der Waals surface area contributed by atoms with Crippen molar-refractivity contribution in [2.24, 2.45) is 5.92 Å². The van der Waals surface area contributed by atoms with Gasteiger partial charge in [-0.15, -0.1) is 0 Å². The zero-order valence-corrected chi connectivity index (χ0v) is 10.6. The fourth-order valence-corrected chi connectivity index (χ4v) is 1.67. The predicted molar refractivity (Wildman–Crippen MR) is 69.1 cm³/mol. The van der Waals surface area contributed by atoms with Crippen LogP contribution in [-0.2, 0) is 6.54 Å². The summed E-state index contributed by atoms with van der Waals surface area (Å²) in [5.74, 6) is 0.727. The molecule has 0 amide bonds. The van der Waals surface area contributed by atoms with E-state index in [2.05, 4.69) is 30.7 Å². The number of hydrogen-bond donors (Lipinski definition) is 1. The summed E-state index contributed by atoms with van der Waals surface area (Å²) < 4.78 is 0. The smallest absolute Gasteiger partial charge is 0.0772 e. The second-order valence-electron chi connectivity index (χ2n) is 4.38. The highest BCUT2D eigenvalue weighted by Gasteiger charge is 2.10. The molecule has 3 nitrogen and oxygen atoms in total. The molecule has 2 N–H and O–H groups in total. The van der Waals surface area contributed by atoms with E-state index in [-0.39, 0.29) is 0 Å². The van der Waals surface area contributed by atoms with Gasteiger partial charge in [0.1, 0.15) is 0 Å². The standard InChI is InChI=1S/C13H23N3/c1-4-11(3)9-16(5-2)10-13-12(14)7-6-8-15-13/h6-8,11H,4-5,9-10,14H2,1-3H3. The summed E-state index contributed by atoms with van der Waals surface area (Å²) in [5, 5.41) is 0. The van der Waals surface area contributed by atoms with Crippen LogP contribution < -0.4 is 5.73 Å². The van der Waals surface area contributed by atoms with Crippen LogP contribution in [0, 0.1) is 5.92 Å². The molecule has 1 rings (SSSR count). The Morgan fingerprint density at radius 1 is 1.44 bits per heavy atom. The predicted octanol–water partition coefficient (Wildman–Crippen LogP) is 2.53. The first-order chi connectivity index (χ1) is 7.67. The van der Waals surface area contributed by atoms with Gasteiger partial charge in [0.05, 0.1) is 11.4 Å². The molecule has 16 heavy (non-hydrogen) atoms. The maximum atomic E-state index is 5.90. The summed E-state index contributed by atoms with van der Waals surface area (Å²) in [5.41, 5.74) is 7.69. The largest absolute Gasteiger partial charge is 0.397 e. The van der Waals surface area contributed by atoms with Crippen molar-refractivity contribution >= 4 is 5.69 Å². The topological polar surface area (TPSA) is 42.2 Å². The van der Waals surface area contributed by atoms with E-state index in [0.29, 0.717) is 0 Å². The highest BCUT2D eigenvalue weighted by molar-refractivity contribution is 5.41. The molecule has 0 aliphatic heterocycles. The summed E-state index contributed by atoms with van der Waals surface area (Å²) >= 11 is 0. The lowest BCUT2D eigenvalue weighted by atomic mass is 10.1. The van der Waals surface area contributed by atoms with Crippen LogP contribution >= 0.6 is 0 Å². The first-order valence-corrected chi connectivity index (χ1v) is 6.09. The van der Waals surface area contributed by atoms with Gasteiger partial charge in [-0.3, -0.25) is 9.88 Å². The molecule has 0 aliphatic rings. The van der Waals surface area contributed by atoms with Crippen LogP contribution in [0.15, 0.2) is 18.3 Å². The number of nitrogens with two attached hydrogens (primary N) is 1. The third-order valence-corrected chi connectivity index (χ3v) is 3.01. The summed E-state index contributed by atoms with van der Waals surface area (Å²) in [6.07, 6.45) is 3.02. The van der Waals surface area contributed by atoms with Gasteiger partial charge >= 0.3 is 0 Å². The van der Waals surface area contributed by atoms with Crippen molar-refractivity contribution in [2.45, 2.75) is 33.7 Å². The maximum Gasteiger partial charge on any atom is 0.0772 e. The molecule has 0 aliphatic carbocycles. The second-order valence-corrected chi connectivity index (χ2v) is 4.38. The maximum absolute atomic E-state index is 5.90. The summed E-state index contributed by atoms with van der Waals surface area (Å²) in [6.45, 7) is 9.70. The first kappa shape index (κ1) is 13.0. The van der Waals surface area contributed by atoms with E-state index < -0.39 is 0 Å². The highest BCUT2D eigenvalue weighted by atomic mass is 15.1. The molecule has 3 heteroatoms. The van der Waals surface area contributed by atoms with Crippen LogP contribution in [0.1, 0.15) is 32.9 Å². The SMILES string of the molecule is CCC(C)CN(CC)Cc1ncccc1N. The third-order valence-electron chi connectivity index (χ3n) is 3.01. The van der Waals surface area contributed by atoms with Crippen LogP contribution in [0.4, 0.5) is 5.69 Å². The molecule has 1 aromatic rings. The number of nitrogens with zero attached hydrogens (tertiary/aromatic N) is 2. The molecular formula is C13H23N3. The Kier molecular flexibility index (Phi) is 5.26. The average molecular weight is 221 g/mol. The molecule has 1 heterocycles. The fraction of sp³-hybridized carbons (Fsp3) is 0.615. The lowest BCUT2D eigenvalue weighted by Crippen LogP contribution is -2.28. The quantitative estimate of drug-likeness (QED) is 0.802. The zero-order valence-electron chi connectivity index (χ0n) is 10.6. The van der Waals surface area contributed by atoms with Gasteiger partial charge in [0.15, 0.2) is 0 Å². The number of aromatic nitrogens is 1. The van der Waals surface area contributed by atoms with Crippen LogP contribution in [0.5, 0.6) is 0 Å². The van der Waals surface area contributed by atoms with Crippen molar-refractivity contribution in [1.29, 1.82) is 0 Å². The monoisotopic (exact) mass is 221 g/mol. The van der Waals surface area contributed by atoms with Crippen LogP contribution in [-0.4, -0.2) is 23.0 Å². The first-order valence-electron chi connectivity index (χ1n) is 6.09. The molecular weight excluding hydrogens is 198 g/mol. The average Bonchev–Trinajstić information content (AvgIpc) is 2.30. The molecule has 1 aromatic heterocycles. The molecule has 90 valence electrons. The molecule has 0 saturated carbocycles. The number of pyridine rings is 1. The summed E-state index contributed by atoms with van der Waals surface area (Å²) in [4.78, 5) is 6.73. The Hall–Kier alpha value is -1.09. The second kappa shape index (κ2) is 6.48. The molecule has 0 fully saturated rings. The van der Waals surface area contributed by atoms with Gasteiger partial charge in [0, 0.05) is 19.3 Å². The van der Waals surface area contributed by atoms with Crippen molar-refractivity contribution in [3.8, 4) is 0 Å². The zero-order chi connectivity index (χ0) is 12.0. The lowest BCUT2D eigenvalue weighted by molar-refractivity contribution is 0.236. The Bertz CT molecular complexity index is 312. The van der Waals surface area contributed by atoms with Crippen molar-refractivity contribution in [3.05, 3.63) is 24.0 Å². The summed E-state index contributed by atoms with van der Waals surface area (Å²) in [6, 6.07) is 3.79. The van der Waals surface area contributed by atoms with E-state index >= 15 is 0 Å². The number of anilines is 1. The van der Waals surface area contributed by atoms with Gasteiger partial charge < -0.3 is 5.73 Å². The minimum atomic E-state index is 0.727. The number of nitrogen functional groups attached to an aromatic ring is 1. The Morgan fingerprint density at radius 3 is 2.75 bits per heavy atom. The van der Waals surface area contributed by atoms with Crippen molar-refractivity contribution in [1.82, 2.24) is 9.88 Å². The van der Waals surface area contributed by atoms with Crippen LogP contribution in [0.3, 0.4) is 0 Å². The van der Waals surface area contributed by atoms with E-state index in [4.69, 9.17) is 5.73 Å². The molecule has 0 spiro atoms. The van der Waals surface area contributed by atoms with Crippen molar-refractivity contribution in [2.75, 3.05) is 18.8 Å². The van der Waals surface area contributed by atoms with Gasteiger partial charge in [0.25, 0.3) is 0 Å². The molecule has 0 radical (unpaired) electrons.